The van der Waals surface area contributed by atoms with Crippen molar-refractivity contribution in [2.24, 2.45) is 0 Å². The van der Waals surface area contributed by atoms with Gasteiger partial charge in [0.2, 0.25) is 0 Å². The van der Waals surface area contributed by atoms with Crippen LogP contribution in [0.1, 0.15) is 44.6 Å². The highest BCUT2D eigenvalue weighted by Gasteiger charge is 2.25. The van der Waals surface area contributed by atoms with E-state index in [-0.39, 0.29) is 12.0 Å². The van der Waals surface area contributed by atoms with E-state index >= 15 is 0 Å². The van der Waals surface area contributed by atoms with Crippen molar-refractivity contribution in [3.05, 3.63) is 22.7 Å². The Morgan fingerprint density at radius 2 is 2.21 bits per heavy atom. The fourth-order valence-electron chi connectivity index (χ4n) is 1.97. The van der Waals surface area contributed by atoms with Gasteiger partial charge in [0.05, 0.1) is 0 Å². The number of rotatable bonds is 8. The van der Waals surface area contributed by atoms with Crippen molar-refractivity contribution in [1.29, 1.82) is 0 Å². The lowest BCUT2D eigenvalue weighted by atomic mass is 10.2. The number of aliphatic carboxylic acids is 1. The summed E-state index contributed by atoms with van der Waals surface area (Å²) in [7, 11) is 0. The highest BCUT2D eigenvalue weighted by atomic mass is 16.4. The van der Waals surface area contributed by atoms with Crippen molar-refractivity contribution in [2.45, 2.75) is 44.6 Å². The standard InChI is InChI=1S/C13H19N3O3/c17-11(18)4-2-1-3-7-14-12-13(19)16(9-8-15-12)10-5-6-10/h8-10H,1-7H2,(H,14,15)(H,17,18). The second kappa shape index (κ2) is 6.36. The molecule has 1 aliphatic carbocycles. The summed E-state index contributed by atoms with van der Waals surface area (Å²) in [5.41, 5.74) is -0.0597. The first kappa shape index (κ1) is 13.6. The molecule has 0 atom stereocenters. The molecule has 1 aliphatic rings. The minimum Gasteiger partial charge on any atom is -0.481 e. The van der Waals surface area contributed by atoms with Crippen molar-refractivity contribution in [3.63, 3.8) is 0 Å². The third-order valence-electron chi connectivity index (χ3n) is 3.17. The molecule has 6 heteroatoms. The van der Waals surface area contributed by atoms with Crippen LogP contribution in [0.4, 0.5) is 5.82 Å². The number of carbonyl (C=O) groups is 1. The van der Waals surface area contributed by atoms with Crippen LogP contribution >= 0.6 is 0 Å². The van der Waals surface area contributed by atoms with Gasteiger partial charge in [-0.3, -0.25) is 9.59 Å². The lowest BCUT2D eigenvalue weighted by molar-refractivity contribution is -0.137. The Bertz CT molecular complexity index is 494. The molecular formula is C13H19N3O3. The lowest BCUT2D eigenvalue weighted by Crippen LogP contribution is -2.24. The van der Waals surface area contributed by atoms with Gasteiger partial charge in [-0.05, 0) is 25.7 Å². The van der Waals surface area contributed by atoms with Crippen LogP contribution in [0.25, 0.3) is 0 Å². The van der Waals surface area contributed by atoms with Gasteiger partial charge in [-0.25, -0.2) is 4.98 Å². The van der Waals surface area contributed by atoms with Crippen molar-refractivity contribution in [3.8, 4) is 0 Å². The SMILES string of the molecule is O=C(O)CCCCCNc1nccn(C2CC2)c1=O. The number of hydrogen-bond acceptors (Lipinski definition) is 4. The Kier molecular flexibility index (Phi) is 4.54. The third-order valence-corrected chi connectivity index (χ3v) is 3.17. The van der Waals surface area contributed by atoms with E-state index in [1.165, 1.54) is 0 Å². The summed E-state index contributed by atoms with van der Waals surface area (Å²) in [6.45, 7) is 0.649. The minimum atomic E-state index is -0.759. The van der Waals surface area contributed by atoms with Gasteiger partial charge in [0.15, 0.2) is 5.82 Å². The molecule has 0 spiro atoms. The largest absolute Gasteiger partial charge is 0.481 e. The Labute approximate surface area is 111 Å². The minimum absolute atomic E-state index is 0.0597. The molecule has 0 aromatic carbocycles. The number of nitrogens with zero attached hydrogens (tertiary/aromatic N) is 2. The zero-order chi connectivity index (χ0) is 13.7. The molecule has 0 radical (unpaired) electrons. The molecule has 0 saturated heterocycles. The van der Waals surface area contributed by atoms with Crippen LogP contribution in [0, 0.1) is 0 Å². The highest BCUT2D eigenvalue weighted by Crippen LogP contribution is 2.33. The monoisotopic (exact) mass is 265 g/mol. The summed E-state index contributed by atoms with van der Waals surface area (Å²) >= 11 is 0. The van der Waals surface area contributed by atoms with E-state index in [2.05, 4.69) is 10.3 Å². The highest BCUT2D eigenvalue weighted by molar-refractivity contribution is 5.66. The van der Waals surface area contributed by atoms with Crippen LogP contribution in [0.15, 0.2) is 17.2 Å². The summed E-state index contributed by atoms with van der Waals surface area (Å²) in [6, 6.07) is 0.353. The second-order valence-corrected chi connectivity index (χ2v) is 4.85. The van der Waals surface area contributed by atoms with Crippen molar-refractivity contribution >= 4 is 11.8 Å². The van der Waals surface area contributed by atoms with Gasteiger partial charge in [0.1, 0.15) is 0 Å². The summed E-state index contributed by atoms with van der Waals surface area (Å²) in [6.07, 6.45) is 8.07. The average molecular weight is 265 g/mol. The molecule has 1 saturated carbocycles. The molecule has 0 unspecified atom stereocenters. The Balaban J connectivity index is 1.75. The first-order valence-electron chi connectivity index (χ1n) is 6.71. The van der Waals surface area contributed by atoms with Crippen LogP contribution in [-0.4, -0.2) is 27.2 Å². The fourth-order valence-corrected chi connectivity index (χ4v) is 1.97. The number of nitrogens with one attached hydrogen (secondary N) is 1. The van der Waals surface area contributed by atoms with E-state index in [9.17, 15) is 9.59 Å². The van der Waals surface area contributed by atoms with E-state index in [1.54, 1.807) is 17.0 Å². The van der Waals surface area contributed by atoms with Crippen LogP contribution in [0.2, 0.25) is 0 Å². The third kappa shape index (κ3) is 4.08. The molecule has 1 fully saturated rings. The van der Waals surface area contributed by atoms with E-state index < -0.39 is 5.97 Å². The maximum absolute atomic E-state index is 12.0. The van der Waals surface area contributed by atoms with E-state index in [4.69, 9.17) is 5.11 Å². The van der Waals surface area contributed by atoms with E-state index in [0.717, 1.165) is 25.7 Å². The Morgan fingerprint density at radius 1 is 1.42 bits per heavy atom. The zero-order valence-corrected chi connectivity index (χ0v) is 10.8. The van der Waals surface area contributed by atoms with Crippen LogP contribution in [-0.2, 0) is 4.79 Å². The van der Waals surface area contributed by atoms with Gasteiger partial charge in [-0.1, -0.05) is 6.42 Å². The smallest absolute Gasteiger partial charge is 0.303 e. The first-order valence-corrected chi connectivity index (χ1v) is 6.71. The van der Waals surface area contributed by atoms with E-state index in [0.29, 0.717) is 24.8 Å². The summed E-state index contributed by atoms with van der Waals surface area (Å²) in [5.74, 6) is -0.363. The van der Waals surface area contributed by atoms with Gasteiger partial charge < -0.3 is 15.0 Å². The van der Waals surface area contributed by atoms with E-state index in [1.807, 2.05) is 0 Å². The molecule has 0 bridgehead atoms. The van der Waals surface area contributed by atoms with Gasteiger partial charge in [-0.2, -0.15) is 0 Å². The Morgan fingerprint density at radius 3 is 2.89 bits per heavy atom. The number of aromatic nitrogens is 2. The Hall–Kier alpha value is -1.85. The molecule has 0 aliphatic heterocycles. The molecule has 19 heavy (non-hydrogen) atoms. The maximum atomic E-state index is 12.0. The van der Waals surface area contributed by atoms with Gasteiger partial charge in [0, 0.05) is 31.4 Å². The van der Waals surface area contributed by atoms with Crippen molar-refractivity contribution < 1.29 is 9.90 Å². The van der Waals surface area contributed by atoms with Gasteiger partial charge in [0.25, 0.3) is 5.56 Å². The van der Waals surface area contributed by atoms with Crippen LogP contribution in [0.5, 0.6) is 0 Å². The van der Waals surface area contributed by atoms with Crippen LogP contribution < -0.4 is 10.9 Å². The van der Waals surface area contributed by atoms with Crippen molar-refractivity contribution in [1.82, 2.24) is 9.55 Å². The maximum Gasteiger partial charge on any atom is 0.303 e. The summed E-state index contributed by atoms with van der Waals surface area (Å²) < 4.78 is 1.74. The van der Waals surface area contributed by atoms with Gasteiger partial charge in [-0.15, -0.1) is 0 Å². The summed E-state index contributed by atoms with van der Waals surface area (Å²) in [4.78, 5) is 26.4. The molecule has 2 rings (SSSR count). The second-order valence-electron chi connectivity index (χ2n) is 4.85. The molecule has 2 N–H and O–H groups in total. The molecular weight excluding hydrogens is 246 g/mol. The molecule has 1 aromatic heterocycles. The average Bonchev–Trinajstić information content (AvgIpc) is 3.19. The zero-order valence-electron chi connectivity index (χ0n) is 10.8. The first-order chi connectivity index (χ1) is 9.18. The van der Waals surface area contributed by atoms with Gasteiger partial charge >= 0.3 is 5.97 Å². The number of hydrogen-bond donors (Lipinski definition) is 2. The van der Waals surface area contributed by atoms with Crippen LogP contribution in [0.3, 0.4) is 0 Å². The molecule has 104 valence electrons. The number of unbranched alkanes of at least 4 members (excludes halogenated alkanes) is 2. The quantitative estimate of drug-likeness (QED) is 0.698. The normalized spacial score (nSPS) is 14.3. The molecule has 0 amide bonds. The lowest BCUT2D eigenvalue weighted by Gasteiger charge is -2.07. The summed E-state index contributed by atoms with van der Waals surface area (Å²) in [5, 5.41) is 11.5. The fraction of sp³-hybridized carbons (Fsp3) is 0.615. The topological polar surface area (TPSA) is 84.2 Å². The molecule has 1 heterocycles. The molecule has 6 nitrogen and oxygen atoms in total. The number of carboxylic acid groups (broad SMARTS) is 1. The molecule has 1 aromatic rings. The number of anilines is 1. The predicted octanol–water partition coefficient (Wildman–Crippen LogP) is 1.64. The predicted molar refractivity (Wildman–Crippen MR) is 71.4 cm³/mol. The number of carboxylic acids is 1. The van der Waals surface area contributed by atoms with Crippen molar-refractivity contribution in [2.75, 3.05) is 11.9 Å².